The molecule has 0 aromatic heterocycles. The summed E-state index contributed by atoms with van der Waals surface area (Å²) in [7, 11) is 3.50. The van der Waals surface area contributed by atoms with Crippen molar-refractivity contribution < 1.29 is 14.3 Å². The predicted octanol–water partition coefficient (Wildman–Crippen LogP) is 3.43. The van der Waals surface area contributed by atoms with Crippen LogP contribution in [-0.2, 0) is 10.3 Å². The van der Waals surface area contributed by atoms with Crippen molar-refractivity contribution in [2.45, 2.75) is 25.4 Å². The second-order valence-corrected chi connectivity index (χ2v) is 8.71. The normalized spacial score (nSPS) is 19.7. The molecule has 2 heterocycles. The SMILES string of the molecule is COC(=O)c1ccc(-c2ccc(C(C)(C)N3C[C@@H]4CN(C)CCN4C3=O)cc2)cc1. The van der Waals surface area contributed by atoms with E-state index in [1.165, 1.54) is 7.11 Å². The van der Waals surface area contributed by atoms with Gasteiger partial charge in [0.15, 0.2) is 0 Å². The van der Waals surface area contributed by atoms with Crippen LogP contribution in [0.1, 0.15) is 29.8 Å². The lowest BCUT2D eigenvalue weighted by molar-refractivity contribution is 0.0600. The topological polar surface area (TPSA) is 53.1 Å². The number of ether oxygens (including phenoxy) is 1. The van der Waals surface area contributed by atoms with Crippen LogP contribution in [0.4, 0.5) is 4.79 Å². The lowest BCUT2D eigenvalue weighted by Crippen LogP contribution is -2.50. The number of hydrogen-bond donors (Lipinski definition) is 0. The van der Waals surface area contributed by atoms with E-state index in [-0.39, 0.29) is 23.6 Å². The number of rotatable bonds is 4. The smallest absolute Gasteiger partial charge is 0.337 e. The van der Waals surface area contributed by atoms with E-state index in [2.05, 4.69) is 50.1 Å². The summed E-state index contributed by atoms with van der Waals surface area (Å²) in [6, 6.07) is 16.1. The van der Waals surface area contributed by atoms with Gasteiger partial charge in [0.25, 0.3) is 0 Å². The van der Waals surface area contributed by atoms with Crippen molar-refractivity contribution in [1.82, 2.24) is 14.7 Å². The first-order valence-electron chi connectivity index (χ1n) is 10.4. The summed E-state index contributed by atoms with van der Waals surface area (Å²) in [6.07, 6.45) is 0. The third-order valence-electron chi connectivity index (χ3n) is 6.46. The summed E-state index contributed by atoms with van der Waals surface area (Å²) in [4.78, 5) is 31.0. The van der Waals surface area contributed by atoms with Gasteiger partial charge in [0.2, 0.25) is 0 Å². The van der Waals surface area contributed by atoms with E-state index in [4.69, 9.17) is 4.74 Å². The van der Waals surface area contributed by atoms with Crippen LogP contribution in [0, 0.1) is 0 Å². The van der Waals surface area contributed by atoms with E-state index < -0.39 is 0 Å². The Morgan fingerprint density at radius 1 is 0.967 bits per heavy atom. The molecule has 0 unspecified atom stereocenters. The highest BCUT2D eigenvalue weighted by Crippen LogP contribution is 2.35. The fourth-order valence-electron chi connectivity index (χ4n) is 4.47. The van der Waals surface area contributed by atoms with Gasteiger partial charge in [0.1, 0.15) is 0 Å². The molecule has 6 heteroatoms. The Kier molecular flexibility index (Phi) is 5.28. The zero-order chi connectivity index (χ0) is 21.5. The summed E-state index contributed by atoms with van der Waals surface area (Å²) in [5, 5.41) is 0. The second-order valence-electron chi connectivity index (χ2n) is 8.71. The van der Waals surface area contributed by atoms with Gasteiger partial charge in [0.05, 0.1) is 24.3 Å². The predicted molar refractivity (Wildman–Crippen MR) is 116 cm³/mol. The average Bonchev–Trinajstić information content (AvgIpc) is 3.09. The zero-order valence-corrected chi connectivity index (χ0v) is 18.1. The third kappa shape index (κ3) is 3.56. The maximum atomic E-state index is 13.1. The van der Waals surface area contributed by atoms with Gasteiger partial charge in [-0.2, -0.15) is 0 Å². The molecule has 0 aliphatic carbocycles. The molecule has 0 radical (unpaired) electrons. The Balaban J connectivity index is 1.53. The Morgan fingerprint density at radius 2 is 1.57 bits per heavy atom. The molecule has 2 aliphatic heterocycles. The number of carbonyl (C=O) groups is 2. The number of nitrogens with zero attached hydrogens (tertiary/aromatic N) is 3. The number of carbonyl (C=O) groups excluding carboxylic acids is 2. The van der Waals surface area contributed by atoms with Gasteiger partial charge < -0.3 is 19.4 Å². The van der Waals surface area contributed by atoms with E-state index in [0.29, 0.717) is 5.56 Å². The lowest BCUT2D eigenvalue weighted by Gasteiger charge is -2.36. The van der Waals surface area contributed by atoms with Gasteiger partial charge in [-0.15, -0.1) is 0 Å². The zero-order valence-electron chi connectivity index (χ0n) is 18.1. The first kappa shape index (κ1) is 20.4. The molecule has 2 aliphatic rings. The highest BCUT2D eigenvalue weighted by molar-refractivity contribution is 5.90. The number of likely N-dealkylation sites (N-methyl/N-ethyl adjacent to an activating group) is 1. The largest absolute Gasteiger partial charge is 0.465 e. The van der Waals surface area contributed by atoms with Gasteiger partial charge in [-0.25, -0.2) is 9.59 Å². The molecule has 158 valence electrons. The molecule has 4 rings (SSSR count). The monoisotopic (exact) mass is 407 g/mol. The van der Waals surface area contributed by atoms with Crippen molar-refractivity contribution in [3.05, 3.63) is 59.7 Å². The molecule has 0 N–H and O–H groups in total. The van der Waals surface area contributed by atoms with Crippen molar-refractivity contribution in [1.29, 1.82) is 0 Å². The minimum Gasteiger partial charge on any atom is -0.465 e. The molecular formula is C24H29N3O3. The molecular weight excluding hydrogens is 378 g/mol. The summed E-state index contributed by atoms with van der Waals surface area (Å²) in [6.45, 7) is 7.65. The number of benzene rings is 2. The van der Waals surface area contributed by atoms with Crippen LogP contribution >= 0.6 is 0 Å². The van der Waals surface area contributed by atoms with Crippen molar-refractivity contribution in [2.75, 3.05) is 40.3 Å². The first-order chi connectivity index (χ1) is 14.3. The molecule has 0 saturated carbocycles. The van der Waals surface area contributed by atoms with Crippen molar-refractivity contribution in [3.8, 4) is 11.1 Å². The van der Waals surface area contributed by atoms with E-state index in [9.17, 15) is 9.59 Å². The molecule has 1 atom stereocenters. The lowest BCUT2D eigenvalue weighted by atomic mass is 9.90. The second kappa shape index (κ2) is 7.76. The molecule has 2 aromatic carbocycles. The highest BCUT2D eigenvalue weighted by atomic mass is 16.5. The molecule has 0 spiro atoms. The number of hydrogen-bond acceptors (Lipinski definition) is 4. The Hall–Kier alpha value is -2.86. The maximum Gasteiger partial charge on any atom is 0.337 e. The molecule has 2 fully saturated rings. The Morgan fingerprint density at radius 3 is 2.17 bits per heavy atom. The van der Waals surface area contributed by atoms with Gasteiger partial charge in [-0.3, -0.25) is 0 Å². The van der Waals surface area contributed by atoms with Gasteiger partial charge in [0, 0.05) is 26.2 Å². The minimum atomic E-state index is -0.389. The fraction of sp³-hybridized carbons (Fsp3) is 0.417. The third-order valence-corrected chi connectivity index (χ3v) is 6.46. The molecule has 0 bridgehead atoms. The molecule has 2 aromatic rings. The van der Waals surface area contributed by atoms with Crippen LogP contribution in [0.3, 0.4) is 0 Å². The summed E-state index contributed by atoms with van der Waals surface area (Å²) in [5.74, 6) is -0.337. The molecule has 2 saturated heterocycles. The average molecular weight is 408 g/mol. The number of urea groups is 1. The van der Waals surface area contributed by atoms with Crippen LogP contribution in [0.5, 0.6) is 0 Å². The first-order valence-corrected chi connectivity index (χ1v) is 10.4. The van der Waals surface area contributed by atoms with Crippen LogP contribution in [0.25, 0.3) is 11.1 Å². The van der Waals surface area contributed by atoms with Crippen molar-refractivity contribution in [2.24, 2.45) is 0 Å². The van der Waals surface area contributed by atoms with Crippen molar-refractivity contribution in [3.63, 3.8) is 0 Å². The van der Waals surface area contributed by atoms with Crippen LogP contribution in [0.15, 0.2) is 48.5 Å². The number of amides is 2. The van der Waals surface area contributed by atoms with Crippen LogP contribution in [0.2, 0.25) is 0 Å². The quantitative estimate of drug-likeness (QED) is 0.729. The summed E-state index contributed by atoms with van der Waals surface area (Å²) < 4.78 is 4.76. The van der Waals surface area contributed by atoms with Crippen LogP contribution in [-0.4, -0.2) is 73.1 Å². The Bertz CT molecular complexity index is 937. The standard InChI is InChI=1S/C24H29N3O3/c1-24(2,27-16-21-15-25(3)13-14-26(21)23(27)29)20-11-9-18(10-12-20)17-5-7-19(8-6-17)22(28)30-4/h5-12,21H,13-16H2,1-4H3/t21-/m0/s1. The van der Waals surface area contributed by atoms with Crippen LogP contribution < -0.4 is 0 Å². The summed E-state index contributed by atoms with van der Waals surface area (Å²) in [5.41, 5.74) is 3.36. The number of fused-ring (bicyclic) bond motifs is 1. The van der Waals surface area contributed by atoms with E-state index in [1.807, 2.05) is 21.9 Å². The van der Waals surface area contributed by atoms with E-state index in [0.717, 1.165) is 42.9 Å². The Labute approximate surface area is 178 Å². The number of esters is 1. The van der Waals surface area contributed by atoms with E-state index >= 15 is 0 Å². The molecule has 6 nitrogen and oxygen atoms in total. The van der Waals surface area contributed by atoms with Gasteiger partial charge in [-0.1, -0.05) is 36.4 Å². The molecule has 2 amide bonds. The van der Waals surface area contributed by atoms with E-state index in [1.54, 1.807) is 12.1 Å². The minimum absolute atomic E-state index is 0.139. The molecule has 30 heavy (non-hydrogen) atoms. The van der Waals surface area contributed by atoms with Gasteiger partial charge >= 0.3 is 12.0 Å². The maximum absolute atomic E-state index is 13.1. The number of piperazine rings is 1. The van der Waals surface area contributed by atoms with Crippen molar-refractivity contribution >= 4 is 12.0 Å². The summed E-state index contributed by atoms with van der Waals surface area (Å²) >= 11 is 0. The van der Waals surface area contributed by atoms with Gasteiger partial charge in [-0.05, 0) is 49.7 Å². The number of methoxy groups -OCH3 is 1. The fourth-order valence-corrected chi connectivity index (χ4v) is 4.47. The highest BCUT2D eigenvalue weighted by Gasteiger charge is 2.45.